The first-order chi connectivity index (χ1) is 9.63. The largest absolute Gasteiger partial charge is 0.271 e. The van der Waals surface area contributed by atoms with Crippen LogP contribution in [0.15, 0.2) is 18.2 Å². The Morgan fingerprint density at radius 1 is 1.30 bits per heavy atom. The van der Waals surface area contributed by atoms with Gasteiger partial charge in [0.15, 0.2) is 0 Å². The molecule has 112 valence electrons. The number of aryl methyl sites for hydroxylation is 1. The summed E-state index contributed by atoms with van der Waals surface area (Å²) in [6.45, 7) is 4.26. The first-order valence-corrected chi connectivity index (χ1v) is 7.85. The number of hydrazine groups is 1. The van der Waals surface area contributed by atoms with Crippen LogP contribution < -0.4 is 11.3 Å². The molecule has 1 aliphatic carbocycles. The van der Waals surface area contributed by atoms with Crippen LogP contribution in [0.4, 0.5) is 4.39 Å². The summed E-state index contributed by atoms with van der Waals surface area (Å²) in [7, 11) is 0. The van der Waals surface area contributed by atoms with E-state index in [0.717, 1.165) is 17.9 Å². The third kappa shape index (κ3) is 3.80. The van der Waals surface area contributed by atoms with Gasteiger partial charge >= 0.3 is 0 Å². The summed E-state index contributed by atoms with van der Waals surface area (Å²) in [5.74, 6) is 7.16. The van der Waals surface area contributed by atoms with Gasteiger partial charge in [-0.1, -0.05) is 32.3 Å². The van der Waals surface area contributed by atoms with Crippen molar-refractivity contribution in [2.45, 2.75) is 58.4 Å². The Bertz CT molecular complexity index is 425. The van der Waals surface area contributed by atoms with E-state index in [2.05, 4.69) is 12.3 Å². The molecule has 1 unspecified atom stereocenters. The molecule has 1 saturated carbocycles. The molecule has 0 radical (unpaired) electrons. The van der Waals surface area contributed by atoms with Crippen molar-refractivity contribution in [1.82, 2.24) is 5.43 Å². The van der Waals surface area contributed by atoms with Crippen LogP contribution in [-0.4, -0.2) is 6.04 Å². The van der Waals surface area contributed by atoms with E-state index in [9.17, 15) is 4.39 Å². The Kier molecular flexibility index (Phi) is 5.55. The predicted octanol–water partition coefficient (Wildman–Crippen LogP) is 3.72. The van der Waals surface area contributed by atoms with Crippen molar-refractivity contribution >= 4 is 0 Å². The van der Waals surface area contributed by atoms with E-state index in [1.807, 2.05) is 13.0 Å². The molecule has 3 heteroatoms. The van der Waals surface area contributed by atoms with Gasteiger partial charge in [-0.15, -0.1) is 0 Å². The standard InChI is InChI=1S/C17H27FN2/c1-3-13-4-6-14(7-5-13)17(20-19)11-15-8-9-16(18)10-12(15)2/h8-10,13-14,17,20H,3-7,11,19H2,1-2H3. The lowest BCUT2D eigenvalue weighted by atomic mass is 9.76. The fourth-order valence-electron chi connectivity index (χ4n) is 3.49. The van der Waals surface area contributed by atoms with Crippen LogP contribution in [0.25, 0.3) is 0 Å². The summed E-state index contributed by atoms with van der Waals surface area (Å²) in [6.07, 6.45) is 7.35. The Labute approximate surface area is 121 Å². The molecule has 1 aromatic carbocycles. The number of halogens is 1. The van der Waals surface area contributed by atoms with Gasteiger partial charge in [-0.25, -0.2) is 4.39 Å². The number of hydrogen-bond donors (Lipinski definition) is 2. The highest BCUT2D eigenvalue weighted by atomic mass is 19.1. The van der Waals surface area contributed by atoms with Crippen LogP contribution in [0, 0.1) is 24.6 Å². The molecule has 0 saturated heterocycles. The van der Waals surface area contributed by atoms with Gasteiger partial charge < -0.3 is 0 Å². The van der Waals surface area contributed by atoms with Crippen molar-refractivity contribution in [3.05, 3.63) is 35.1 Å². The van der Waals surface area contributed by atoms with E-state index in [0.29, 0.717) is 12.0 Å². The van der Waals surface area contributed by atoms with Crippen molar-refractivity contribution in [3.8, 4) is 0 Å². The molecular weight excluding hydrogens is 251 g/mol. The quantitative estimate of drug-likeness (QED) is 0.636. The Morgan fingerprint density at radius 3 is 2.55 bits per heavy atom. The first kappa shape index (κ1) is 15.5. The number of nitrogens with one attached hydrogen (secondary N) is 1. The third-order valence-corrected chi connectivity index (χ3v) is 5.00. The van der Waals surface area contributed by atoms with Gasteiger partial charge in [0.25, 0.3) is 0 Å². The smallest absolute Gasteiger partial charge is 0.123 e. The van der Waals surface area contributed by atoms with Gasteiger partial charge in [-0.2, -0.15) is 0 Å². The molecule has 0 aliphatic heterocycles. The Balaban J connectivity index is 1.98. The van der Waals surface area contributed by atoms with Crippen LogP contribution >= 0.6 is 0 Å². The van der Waals surface area contributed by atoms with E-state index in [-0.39, 0.29) is 5.82 Å². The molecule has 0 amide bonds. The number of hydrogen-bond acceptors (Lipinski definition) is 2. The third-order valence-electron chi connectivity index (χ3n) is 5.00. The van der Waals surface area contributed by atoms with Crippen LogP contribution in [0.5, 0.6) is 0 Å². The summed E-state index contributed by atoms with van der Waals surface area (Å²) in [4.78, 5) is 0. The summed E-state index contributed by atoms with van der Waals surface area (Å²) in [5.41, 5.74) is 5.22. The highest BCUT2D eigenvalue weighted by Crippen LogP contribution is 2.33. The Hall–Kier alpha value is -0.930. The molecule has 1 fully saturated rings. The van der Waals surface area contributed by atoms with Gasteiger partial charge in [0, 0.05) is 6.04 Å². The maximum Gasteiger partial charge on any atom is 0.123 e. The summed E-state index contributed by atoms with van der Waals surface area (Å²) < 4.78 is 13.2. The molecule has 1 atom stereocenters. The molecular formula is C17H27FN2. The van der Waals surface area contributed by atoms with Gasteiger partial charge in [0.1, 0.15) is 5.82 Å². The minimum Gasteiger partial charge on any atom is -0.271 e. The van der Waals surface area contributed by atoms with Gasteiger partial charge in [-0.05, 0) is 61.3 Å². The number of benzene rings is 1. The van der Waals surface area contributed by atoms with Crippen LogP contribution in [0.2, 0.25) is 0 Å². The zero-order chi connectivity index (χ0) is 14.5. The second-order valence-electron chi connectivity index (χ2n) is 6.24. The minimum absolute atomic E-state index is 0.160. The second kappa shape index (κ2) is 7.19. The van der Waals surface area contributed by atoms with Crippen molar-refractivity contribution in [1.29, 1.82) is 0 Å². The zero-order valence-corrected chi connectivity index (χ0v) is 12.7. The second-order valence-corrected chi connectivity index (χ2v) is 6.24. The SMILES string of the molecule is CCC1CCC(C(Cc2ccc(F)cc2C)NN)CC1. The summed E-state index contributed by atoms with van der Waals surface area (Å²) in [6, 6.07) is 5.35. The van der Waals surface area contributed by atoms with E-state index >= 15 is 0 Å². The maximum atomic E-state index is 13.2. The zero-order valence-electron chi connectivity index (χ0n) is 12.7. The molecule has 2 nitrogen and oxygen atoms in total. The molecule has 0 spiro atoms. The highest BCUT2D eigenvalue weighted by Gasteiger charge is 2.26. The minimum atomic E-state index is -0.160. The van der Waals surface area contributed by atoms with Crippen molar-refractivity contribution < 1.29 is 4.39 Å². The molecule has 0 heterocycles. The van der Waals surface area contributed by atoms with Crippen molar-refractivity contribution in [3.63, 3.8) is 0 Å². The topological polar surface area (TPSA) is 38.0 Å². The molecule has 1 aromatic rings. The molecule has 0 aromatic heterocycles. The predicted molar refractivity (Wildman–Crippen MR) is 81.7 cm³/mol. The monoisotopic (exact) mass is 278 g/mol. The molecule has 20 heavy (non-hydrogen) atoms. The molecule has 3 N–H and O–H groups in total. The lowest BCUT2D eigenvalue weighted by Crippen LogP contribution is -2.43. The van der Waals surface area contributed by atoms with E-state index in [1.54, 1.807) is 12.1 Å². The van der Waals surface area contributed by atoms with Crippen molar-refractivity contribution in [2.24, 2.45) is 17.7 Å². The van der Waals surface area contributed by atoms with Gasteiger partial charge in [0.05, 0.1) is 0 Å². The fourth-order valence-corrected chi connectivity index (χ4v) is 3.49. The summed E-state index contributed by atoms with van der Waals surface area (Å²) in [5, 5.41) is 0. The lowest BCUT2D eigenvalue weighted by Gasteiger charge is -2.33. The van der Waals surface area contributed by atoms with Crippen LogP contribution in [0.3, 0.4) is 0 Å². The normalized spacial score (nSPS) is 24.6. The van der Waals surface area contributed by atoms with E-state index < -0.39 is 0 Å². The van der Waals surface area contributed by atoms with E-state index in [4.69, 9.17) is 5.84 Å². The summed E-state index contributed by atoms with van der Waals surface area (Å²) >= 11 is 0. The Morgan fingerprint density at radius 2 is 2.00 bits per heavy atom. The molecule has 0 bridgehead atoms. The number of nitrogens with two attached hydrogens (primary N) is 1. The van der Waals surface area contributed by atoms with Crippen LogP contribution in [0.1, 0.15) is 50.2 Å². The van der Waals surface area contributed by atoms with E-state index in [1.165, 1.54) is 37.7 Å². The van der Waals surface area contributed by atoms with Crippen LogP contribution in [-0.2, 0) is 6.42 Å². The first-order valence-electron chi connectivity index (χ1n) is 7.85. The average molecular weight is 278 g/mol. The highest BCUT2D eigenvalue weighted by molar-refractivity contribution is 5.27. The molecule has 1 aliphatic rings. The number of rotatable bonds is 5. The van der Waals surface area contributed by atoms with Gasteiger partial charge in [0.2, 0.25) is 0 Å². The molecule has 2 rings (SSSR count). The van der Waals surface area contributed by atoms with Gasteiger partial charge in [-0.3, -0.25) is 11.3 Å². The fraction of sp³-hybridized carbons (Fsp3) is 0.647. The maximum absolute atomic E-state index is 13.2. The lowest BCUT2D eigenvalue weighted by molar-refractivity contribution is 0.217. The average Bonchev–Trinajstić information content (AvgIpc) is 2.47. The van der Waals surface area contributed by atoms with Crippen molar-refractivity contribution in [2.75, 3.05) is 0 Å².